The molecular formula is C22H26N6O3S. The topological polar surface area (TPSA) is 101 Å². The zero-order valence-corrected chi connectivity index (χ0v) is 19.1. The molecule has 1 aliphatic rings. The van der Waals surface area contributed by atoms with E-state index in [9.17, 15) is 8.42 Å². The molecule has 9 nitrogen and oxygen atoms in total. The van der Waals surface area contributed by atoms with E-state index in [0.717, 1.165) is 11.1 Å². The van der Waals surface area contributed by atoms with Gasteiger partial charge in [0.25, 0.3) is 0 Å². The standard InChI is InChI=1S/C22H26N6O3S/c1-16-4-6-18(31-3)19(14-16)32(29,30)28-12-10-27(11-13-28)22-9-8-21(25-26-22)24-20-7-5-17(2)15-23-20/h4-9,14-15H,10-13H2,1-3H3,(H,23,24,25). The number of hydrogen-bond acceptors (Lipinski definition) is 8. The van der Waals surface area contributed by atoms with Crippen LogP contribution in [0.15, 0.2) is 53.6 Å². The van der Waals surface area contributed by atoms with Crippen molar-refractivity contribution in [1.29, 1.82) is 0 Å². The molecule has 10 heteroatoms. The number of hydrogen-bond donors (Lipinski definition) is 1. The van der Waals surface area contributed by atoms with Crippen LogP contribution in [0.5, 0.6) is 5.75 Å². The highest BCUT2D eigenvalue weighted by molar-refractivity contribution is 7.89. The van der Waals surface area contributed by atoms with Crippen LogP contribution in [-0.2, 0) is 10.0 Å². The second kappa shape index (κ2) is 9.09. The maximum absolute atomic E-state index is 13.2. The first kappa shape index (κ1) is 22.0. The van der Waals surface area contributed by atoms with Gasteiger partial charge < -0.3 is 15.0 Å². The van der Waals surface area contributed by atoms with E-state index in [4.69, 9.17) is 4.74 Å². The van der Waals surface area contributed by atoms with Crippen molar-refractivity contribution in [1.82, 2.24) is 19.5 Å². The number of nitrogens with one attached hydrogen (secondary N) is 1. The Kier molecular flexibility index (Phi) is 6.24. The number of aromatic nitrogens is 3. The Morgan fingerprint density at radius 3 is 2.25 bits per heavy atom. The lowest BCUT2D eigenvalue weighted by Gasteiger charge is -2.34. The number of benzene rings is 1. The van der Waals surface area contributed by atoms with E-state index in [1.165, 1.54) is 11.4 Å². The van der Waals surface area contributed by atoms with Crippen LogP contribution in [-0.4, -0.2) is 61.2 Å². The van der Waals surface area contributed by atoms with Gasteiger partial charge in [-0.25, -0.2) is 13.4 Å². The maximum atomic E-state index is 13.2. The number of aryl methyl sites for hydroxylation is 2. The molecule has 32 heavy (non-hydrogen) atoms. The largest absolute Gasteiger partial charge is 0.495 e. The first-order chi connectivity index (χ1) is 15.4. The van der Waals surface area contributed by atoms with Crippen molar-refractivity contribution in [2.75, 3.05) is 43.5 Å². The highest BCUT2D eigenvalue weighted by Crippen LogP contribution is 2.29. The average Bonchev–Trinajstić information content (AvgIpc) is 2.81. The van der Waals surface area contributed by atoms with Gasteiger partial charge in [0, 0.05) is 32.4 Å². The molecule has 2 aromatic heterocycles. The number of anilines is 3. The molecule has 0 atom stereocenters. The van der Waals surface area contributed by atoms with Crippen LogP contribution >= 0.6 is 0 Å². The third-order valence-corrected chi connectivity index (χ3v) is 7.24. The van der Waals surface area contributed by atoms with Crippen molar-refractivity contribution in [2.24, 2.45) is 0 Å². The summed E-state index contributed by atoms with van der Waals surface area (Å²) in [4.78, 5) is 6.53. The summed E-state index contributed by atoms with van der Waals surface area (Å²) < 4.78 is 33.1. The molecule has 4 rings (SSSR count). The Bertz CT molecular complexity index is 1180. The zero-order chi connectivity index (χ0) is 22.7. The molecule has 0 saturated carbocycles. The number of methoxy groups -OCH3 is 1. The smallest absolute Gasteiger partial charge is 0.246 e. The highest BCUT2D eigenvalue weighted by atomic mass is 32.2. The maximum Gasteiger partial charge on any atom is 0.246 e. The van der Waals surface area contributed by atoms with Crippen molar-refractivity contribution < 1.29 is 13.2 Å². The Morgan fingerprint density at radius 1 is 0.906 bits per heavy atom. The first-order valence-corrected chi connectivity index (χ1v) is 11.7. The number of piperazine rings is 1. The van der Waals surface area contributed by atoms with Gasteiger partial charge in [0.1, 0.15) is 16.5 Å². The lowest BCUT2D eigenvalue weighted by molar-refractivity contribution is 0.373. The van der Waals surface area contributed by atoms with Gasteiger partial charge >= 0.3 is 0 Å². The lowest BCUT2D eigenvalue weighted by Crippen LogP contribution is -2.49. The van der Waals surface area contributed by atoms with E-state index in [1.54, 1.807) is 18.3 Å². The fourth-order valence-corrected chi connectivity index (χ4v) is 5.18. The van der Waals surface area contributed by atoms with Crippen molar-refractivity contribution in [3.8, 4) is 5.75 Å². The molecule has 1 fully saturated rings. The highest BCUT2D eigenvalue weighted by Gasteiger charge is 2.31. The first-order valence-electron chi connectivity index (χ1n) is 10.3. The summed E-state index contributed by atoms with van der Waals surface area (Å²) in [5.41, 5.74) is 1.95. The van der Waals surface area contributed by atoms with E-state index in [0.29, 0.717) is 49.4 Å². The molecule has 0 spiro atoms. The molecule has 0 unspecified atom stereocenters. The number of nitrogens with zero attached hydrogens (tertiary/aromatic N) is 5. The number of sulfonamides is 1. The van der Waals surface area contributed by atoms with E-state index in [-0.39, 0.29) is 4.90 Å². The molecule has 0 bridgehead atoms. The molecule has 0 radical (unpaired) electrons. The summed E-state index contributed by atoms with van der Waals surface area (Å²) in [6, 6.07) is 12.7. The molecule has 1 N–H and O–H groups in total. The summed E-state index contributed by atoms with van der Waals surface area (Å²) in [7, 11) is -2.17. The van der Waals surface area contributed by atoms with Gasteiger partial charge in [-0.1, -0.05) is 12.1 Å². The summed E-state index contributed by atoms with van der Waals surface area (Å²) in [6.07, 6.45) is 1.78. The van der Waals surface area contributed by atoms with Crippen LogP contribution in [0, 0.1) is 13.8 Å². The third kappa shape index (κ3) is 4.66. The third-order valence-electron chi connectivity index (χ3n) is 5.32. The molecule has 168 valence electrons. The summed E-state index contributed by atoms with van der Waals surface area (Å²) in [5.74, 6) is 2.36. The van der Waals surface area contributed by atoms with Crippen LogP contribution in [0.25, 0.3) is 0 Å². The number of ether oxygens (including phenoxy) is 1. The number of rotatable bonds is 6. The molecule has 3 heterocycles. The second-order valence-corrected chi connectivity index (χ2v) is 9.57. The molecule has 1 aromatic carbocycles. The Labute approximate surface area is 188 Å². The quantitative estimate of drug-likeness (QED) is 0.607. The van der Waals surface area contributed by atoms with Crippen molar-refractivity contribution in [2.45, 2.75) is 18.7 Å². The van der Waals surface area contributed by atoms with E-state index in [1.807, 2.05) is 49.1 Å². The molecular weight excluding hydrogens is 428 g/mol. The zero-order valence-electron chi connectivity index (χ0n) is 18.3. The SMILES string of the molecule is COc1ccc(C)cc1S(=O)(=O)N1CCN(c2ccc(Nc3ccc(C)cn3)nn2)CC1. The fourth-order valence-electron chi connectivity index (χ4n) is 3.52. The minimum Gasteiger partial charge on any atom is -0.495 e. The molecule has 0 amide bonds. The van der Waals surface area contributed by atoms with Gasteiger partial charge in [0.05, 0.1) is 7.11 Å². The second-order valence-electron chi connectivity index (χ2n) is 7.67. The Balaban J connectivity index is 1.41. The Hall–Kier alpha value is -3.24. The van der Waals surface area contributed by atoms with Gasteiger partial charge in [-0.3, -0.25) is 0 Å². The predicted molar refractivity (Wildman–Crippen MR) is 123 cm³/mol. The minimum absolute atomic E-state index is 0.202. The van der Waals surface area contributed by atoms with Crippen molar-refractivity contribution >= 4 is 27.5 Å². The number of pyridine rings is 1. The summed E-state index contributed by atoms with van der Waals surface area (Å²) in [6.45, 7) is 5.60. The lowest BCUT2D eigenvalue weighted by atomic mass is 10.2. The molecule has 1 saturated heterocycles. The van der Waals surface area contributed by atoms with Crippen LogP contribution in [0.3, 0.4) is 0 Å². The van der Waals surface area contributed by atoms with Crippen molar-refractivity contribution in [3.63, 3.8) is 0 Å². The van der Waals surface area contributed by atoms with E-state index in [2.05, 4.69) is 20.5 Å². The van der Waals surface area contributed by atoms with Gasteiger partial charge in [-0.05, 0) is 55.3 Å². The molecule has 1 aliphatic heterocycles. The Morgan fingerprint density at radius 2 is 1.62 bits per heavy atom. The van der Waals surface area contributed by atoms with Crippen molar-refractivity contribution in [3.05, 3.63) is 59.8 Å². The average molecular weight is 455 g/mol. The van der Waals surface area contributed by atoms with E-state index < -0.39 is 10.0 Å². The normalized spacial score (nSPS) is 14.9. The van der Waals surface area contributed by atoms with E-state index >= 15 is 0 Å². The fraction of sp³-hybridized carbons (Fsp3) is 0.318. The van der Waals surface area contributed by atoms with Gasteiger partial charge in [-0.15, -0.1) is 10.2 Å². The van der Waals surface area contributed by atoms with Gasteiger partial charge in [-0.2, -0.15) is 4.31 Å². The molecule has 0 aliphatic carbocycles. The van der Waals surface area contributed by atoms with Crippen LogP contribution in [0.1, 0.15) is 11.1 Å². The monoisotopic (exact) mass is 454 g/mol. The summed E-state index contributed by atoms with van der Waals surface area (Å²) in [5, 5.41) is 11.6. The van der Waals surface area contributed by atoms with Crippen LogP contribution in [0.4, 0.5) is 17.5 Å². The minimum atomic E-state index is -3.65. The van der Waals surface area contributed by atoms with Crippen LogP contribution < -0.4 is 15.0 Å². The summed E-state index contributed by atoms with van der Waals surface area (Å²) >= 11 is 0. The van der Waals surface area contributed by atoms with Gasteiger partial charge in [0.15, 0.2) is 11.6 Å². The van der Waals surface area contributed by atoms with Crippen LogP contribution in [0.2, 0.25) is 0 Å². The van der Waals surface area contributed by atoms with Gasteiger partial charge in [0.2, 0.25) is 10.0 Å². The molecule has 3 aromatic rings. The predicted octanol–water partition coefficient (Wildman–Crippen LogP) is 2.75.